The number of hydrogen-bond donors (Lipinski definition) is 2. The number of rotatable bonds is 1. The molecule has 1 aliphatic rings. The van der Waals surface area contributed by atoms with E-state index in [9.17, 15) is 4.39 Å². The Hall–Kier alpha value is -0.830. The van der Waals surface area contributed by atoms with Gasteiger partial charge in [0, 0.05) is 17.8 Å². The minimum Gasteiger partial charge on any atom is -0.338 e. The number of aromatic nitrogens is 1. The number of aromatic amines is 1. The highest BCUT2D eigenvalue weighted by molar-refractivity contribution is 5.16. The molecule has 0 saturated carbocycles. The van der Waals surface area contributed by atoms with Gasteiger partial charge in [-0.15, -0.1) is 0 Å². The summed E-state index contributed by atoms with van der Waals surface area (Å²) in [6.07, 6.45) is 3.84. The third-order valence-electron chi connectivity index (χ3n) is 2.16. The largest absolute Gasteiger partial charge is 0.338 e. The van der Waals surface area contributed by atoms with Crippen molar-refractivity contribution in [2.24, 2.45) is 0 Å². The van der Waals surface area contributed by atoms with E-state index in [1.54, 1.807) is 12.3 Å². The minimum atomic E-state index is -0.190. The lowest BCUT2D eigenvalue weighted by molar-refractivity contribution is 0.539. The van der Waals surface area contributed by atoms with Gasteiger partial charge in [0.1, 0.15) is 0 Å². The highest BCUT2D eigenvalue weighted by atomic mass is 19.1. The second-order valence-corrected chi connectivity index (χ2v) is 2.90. The number of hydrogen-bond acceptors (Lipinski definition) is 1. The molecule has 11 heavy (non-hydrogen) atoms. The van der Waals surface area contributed by atoms with Crippen molar-refractivity contribution < 1.29 is 4.39 Å². The maximum absolute atomic E-state index is 12.9. The molecule has 1 aromatic heterocycles. The second kappa shape index (κ2) is 2.66. The van der Waals surface area contributed by atoms with Gasteiger partial charge in [-0.3, -0.25) is 0 Å². The topological polar surface area (TPSA) is 27.8 Å². The normalized spacial score (nSPS) is 24.3. The highest BCUT2D eigenvalue weighted by Crippen LogP contribution is 2.24. The van der Waals surface area contributed by atoms with Crippen LogP contribution in [-0.4, -0.2) is 11.5 Å². The Labute approximate surface area is 64.8 Å². The Morgan fingerprint density at radius 2 is 2.45 bits per heavy atom. The minimum absolute atomic E-state index is 0.190. The molecule has 1 unspecified atom stereocenters. The average molecular weight is 154 g/mol. The van der Waals surface area contributed by atoms with Gasteiger partial charge in [-0.25, -0.2) is 0 Å². The summed E-state index contributed by atoms with van der Waals surface area (Å²) in [6.45, 7) is 1.01. The molecule has 3 heteroatoms. The summed E-state index contributed by atoms with van der Waals surface area (Å²) < 4.78 is 12.9. The zero-order valence-corrected chi connectivity index (χ0v) is 6.23. The Morgan fingerprint density at radius 1 is 1.55 bits per heavy atom. The maximum atomic E-state index is 12.9. The predicted molar refractivity (Wildman–Crippen MR) is 40.7 cm³/mol. The molecular weight excluding hydrogens is 143 g/mol. The first kappa shape index (κ1) is 6.85. The van der Waals surface area contributed by atoms with E-state index in [0.29, 0.717) is 0 Å². The van der Waals surface area contributed by atoms with Crippen LogP contribution in [0, 0.1) is 5.95 Å². The fourth-order valence-electron chi connectivity index (χ4n) is 1.58. The van der Waals surface area contributed by atoms with E-state index in [0.717, 1.165) is 24.9 Å². The van der Waals surface area contributed by atoms with Gasteiger partial charge in [0.05, 0.1) is 0 Å². The van der Waals surface area contributed by atoms with Crippen molar-refractivity contribution in [1.29, 1.82) is 0 Å². The van der Waals surface area contributed by atoms with E-state index >= 15 is 0 Å². The Bertz CT molecular complexity index is 238. The summed E-state index contributed by atoms with van der Waals surface area (Å²) >= 11 is 0. The van der Waals surface area contributed by atoms with Gasteiger partial charge >= 0.3 is 0 Å². The van der Waals surface area contributed by atoms with Gasteiger partial charge in [0.2, 0.25) is 0 Å². The van der Waals surface area contributed by atoms with Crippen molar-refractivity contribution in [3.8, 4) is 0 Å². The first-order valence-corrected chi connectivity index (χ1v) is 3.94. The molecule has 1 aliphatic heterocycles. The van der Waals surface area contributed by atoms with E-state index < -0.39 is 0 Å². The predicted octanol–water partition coefficient (Wildman–Crippen LogP) is 1.58. The molecule has 1 fully saturated rings. The summed E-state index contributed by atoms with van der Waals surface area (Å²) in [5, 5.41) is 3.24. The molecule has 2 heterocycles. The van der Waals surface area contributed by atoms with E-state index in [-0.39, 0.29) is 12.0 Å². The van der Waals surface area contributed by atoms with Crippen molar-refractivity contribution in [3.63, 3.8) is 0 Å². The summed E-state index contributed by atoms with van der Waals surface area (Å²) in [7, 11) is 0. The van der Waals surface area contributed by atoms with Gasteiger partial charge in [-0.05, 0) is 25.5 Å². The molecule has 0 spiro atoms. The van der Waals surface area contributed by atoms with Crippen LogP contribution in [-0.2, 0) is 0 Å². The lowest BCUT2D eigenvalue weighted by Gasteiger charge is -2.06. The molecule has 1 aromatic rings. The second-order valence-electron chi connectivity index (χ2n) is 2.90. The van der Waals surface area contributed by atoms with Crippen LogP contribution in [0.25, 0.3) is 0 Å². The van der Waals surface area contributed by atoms with Crippen LogP contribution in [0.3, 0.4) is 0 Å². The van der Waals surface area contributed by atoms with Gasteiger partial charge in [-0.2, -0.15) is 4.39 Å². The molecule has 0 aliphatic carbocycles. The quantitative estimate of drug-likeness (QED) is 0.631. The Kier molecular flexibility index (Phi) is 1.66. The van der Waals surface area contributed by atoms with Crippen molar-refractivity contribution in [1.82, 2.24) is 10.3 Å². The molecule has 0 aromatic carbocycles. The van der Waals surface area contributed by atoms with Gasteiger partial charge in [0.25, 0.3) is 0 Å². The zero-order valence-electron chi connectivity index (χ0n) is 6.23. The number of nitrogens with one attached hydrogen (secondary N) is 2. The van der Waals surface area contributed by atoms with Gasteiger partial charge < -0.3 is 10.3 Å². The molecule has 1 atom stereocenters. The van der Waals surface area contributed by atoms with Crippen LogP contribution in [0.5, 0.6) is 0 Å². The van der Waals surface area contributed by atoms with Crippen LogP contribution in [0.4, 0.5) is 4.39 Å². The zero-order chi connectivity index (χ0) is 7.68. The fraction of sp³-hybridized carbons (Fsp3) is 0.500. The molecule has 0 bridgehead atoms. The summed E-state index contributed by atoms with van der Waals surface area (Å²) in [4.78, 5) is 2.54. The summed E-state index contributed by atoms with van der Waals surface area (Å²) in [5.41, 5.74) is 0.780. The average Bonchev–Trinajstić information content (AvgIpc) is 2.55. The maximum Gasteiger partial charge on any atom is 0.195 e. The van der Waals surface area contributed by atoms with Crippen LogP contribution in [0.15, 0.2) is 12.3 Å². The van der Waals surface area contributed by atoms with Crippen LogP contribution in [0.1, 0.15) is 24.4 Å². The van der Waals surface area contributed by atoms with E-state index in [2.05, 4.69) is 10.3 Å². The molecule has 2 N–H and O–H groups in total. The van der Waals surface area contributed by atoms with Crippen molar-refractivity contribution in [2.45, 2.75) is 18.9 Å². The molecular formula is C8H11FN2. The molecule has 0 amide bonds. The molecule has 60 valence electrons. The Morgan fingerprint density at radius 3 is 3.00 bits per heavy atom. The third kappa shape index (κ3) is 1.16. The van der Waals surface area contributed by atoms with E-state index in [1.165, 1.54) is 0 Å². The molecule has 2 nitrogen and oxygen atoms in total. The number of H-pyrrole nitrogens is 1. The molecule has 2 rings (SSSR count). The van der Waals surface area contributed by atoms with E-state index in [1.807, 2.05) is 0 Å². The third-order valence-corrected chi connectivity index (χ3v) is 2.16. The monoisotopic (exact) mass is 154 g/mol. The van der Waals surface area contributed by atoms with Crippen LogP contribution in [0.2, 0.25) is 0 Å². The summed E-state index contributed by atoms with van der Waals surface area (Å²) in [5.74, 6) is -0.190. The van der Waals surface area contributed by atoms with Gasteiger partial charge in [0.15, 0.2) is 5.95 Å². The standard InChI is InChI=1S/C8H11FN2/c9-8-6(3-5-11-8)7-2-1-4-10-7/h3,5,7,10-11H,1-2,4H2. The SMILES string of the molecule is Fc1[nH]ccc1C1CCCN1. The van der Waals surface area contributed by atoms with Crippen molar-refractivity contribution in [2.75, 3.05) is 6.54 Å². The smallest absolute Gasteiger partial charge is 0.195 e. The van der Waals surface area contributed by atoms with Crippen LogP contribution >= 0.6 is 0 Å². The lowest BCUT2D eigenvalue weighted by Crippen LogP contribution is -2.13. The van der Waals surface area contributed by atoms with Crippen molar-refractivity contribution >= 4 is 0 Å². The molecule has 0 radical (unpaired) electrons. The lowest BCUT2D eigenvalue weighted by atomic mass is 10.1. The van der Waals surface area contributed by atoms with Crippen molar-refractivity contribution in [3.05, 3.63) is 23.8 Å². The highest BCUT2D eigenvalue weighted by Gasteiger charge is 2.19. The van der Waals surface area contributed by atoms with E-state index in [4.69, 9.17) is 0 Å². The van der Waals surface area contributed by atoms with Gasteiger partial charge in [-0.1, -0.05) is 0 Å². The van der Waals surface area contributed by atoms with Crippen LogP contribution < -0.4 is 5.32 Å². The first-order chi connectivity index (χ1) is 5.38. The first-order valence-electron chi connectivity index (χ1n) is 3.94. The fourth-order valence-corrected chi connectivity index (χ4v) is 1.58. The number of halogens is 1. The summed E-state index contributed by atoms with van der Waals surface area (Å²) in [6, 6.07) is 2.04. The Balaban J connectivity index is 2.21. The molecule has 1 saturated heterocycles.